The van der Waals surface area contributed by atoms with Gasteiger partial charge in [-0.25, -0.2) is 0 Å². The van der Waals surface area contributed by atoms with Crippen molar-refractivity contribution in [2.45, 2.75) is 37.3 Å². The molecule has 14 heavy (non-hydrogen) atoms. The molecule has 6 heteroatoms. The van der Waals surface area contributed by atoms with Crippen molar-refractivity contribution in [2.75, 3.05) is 6.54 Å². The number of hydrogen-bond acceptors (Lipinski definition) is 5. The lowest BCUT2D eigenvalue weighted by Gasteiger charge is -2.28. The number of carbonyl (C=O) groups is 1. The Bertz CT molecular complexity index is 234. The predicted molar refractivity (Wildman–Crippen MR) is 46.6 cm³/mol. The summed E-state index contributed by atoms with van der Waals surface area (Å²) in [7, 11) is 0. The molecule has 4 atom stereocenters. The quantitative estimate of drug-likeness (QED) is 0.437. The molecule has 5 N–H and O–H groups in total. The summed E-state index contributed by atoms with van der Waals surface area (Å²) in [6.45, 7) is 1.54. The van der Waals surface area contributed by atoms with E-state index in [-0.39, 0.29) is 6.54 Å². The maximum atomic E-state index is 10.5. The summed E-state index contributed by atoms with van der Waals surface area (Å²) in [6, 6.07) is 0. The molecule has 0 aromatic heterocycles. The van der Waals surface area contributed by atoms with Crippen molar-refractivity contribution in [3.63, 3.8) is 0 Å². The van der Waals surface area contributed by atoms with Gasteiger partial charge in [0.15, 0.2) is 0 Å². The van der Waals surface area contributed by atoms with Gasteiger partial charge >= 0.3 is 5.97 Å². The first kappa shape index (κ1) is 11.4. The Morgan fingerprint density at radius 1 is 1.64 bits per heavy atom. The van der Waals surface area contributed by atoms with Gasteiger partial charge in [0, 0.05) is 6.54 Å². The normalized spacial score (nSPS) is 42.7. The predicted octanol–water partition coefficient (Wildman–Crippen LogP) is -1.70. The van der Waals surface area contributed by atoms with Gasteiger partial charge in [-0.05, 0) is 6.92 Å². The number of aliphatic hydroxyl groups excluding tert-OH is 1. The molecular formula is C8H15NO5. The molecule has 1 rings (SSSR count). The fraction of sp³-hybridized carbons (Fsp3) is 0.875. The average Bonchev–Trinajstić information content (AvgIpc) is 2.28. The summed E-state index contributed by atoms with van der Waals surface area (Å²) in [5.41, 5.74) is 3.54. The first-order chi connectivity index (χ1) is 6.41. The average molecular weight is 205 g/mol. The summed E-state index contributed by atoms with van der Waals surface area (Å²) in [6.07, 6.45) is -3.22. The maximum absolute atomic E-state index is 10.5. The highest BCUT2D eigenvalue weighted by Crippen LogP contribution is 2.33. The van der Waals surface area contributed by atoms with Crippen LogP contribution in [0.4, 0.5) is 0 Å². The molecule has 6 nitrogen and oxygen atoms in total. The lowest BCUT2D eigenvalue weighted by molar-refractivity contribution is -0.149. The molecule has 1 fully saturated rings. The molecule has 0 unspecified atom stereocenters. The topological polar surface area (TPSA) is 113 Å². The number of nitrogens with two attached hydrogens (primary N) is 1. The first-order valence-corrected chi connectivity index (χ1v) is 4.39. The van der Waals surface area contributed by atoms with E-state index in [1.54, 1.807) is 6.92 Å². The van der Waals surface area contributed by atoms with Crippen molar-refractivity contribution < 1.29 is 24.9 Å². The fourth-order valence-electron chi connectivity index (χ4n) is 1.77. The molecule has 0 amide bonds. The van der Waals surface area contributed by atoms with Crippen LogP contribution >= 0.6 is 0 Å². The minimum absolute atomic E-state index is 0.0226. The Hall–Kier alpha value is -0.690. The van der Waals surface area contributed by atoms with Crippen molar-refractivity contribution in [3.8, 4) is 0 Å². The minimum atomic E-state index is -1.78. The largest absolute Gasteiger partial charge is 0.481 e. The van der Waals surface area contributed by atoms with Gasteiger partial charge in [0.1, 0.15) is 17.8 Å². The summed E-state index contributed by atoms with van der Waals surface area (Å²) in [5, 5.41) is 28.1. The number of hydrogen-bond donors (Lipinski definition) is 4. The second-order valence-electron chi connectivity index (χ2n) is 3.57. The third-order valence-corrected chi connectivity index (χ3v) is 2.54. The number of ether oxygens (including phenoxy) is 1. The van der Waals surface area contributed by atoms with Crippen LogP contribution in [0.3, 0.4) is 0 Å². The summed E-state index contributed by atoms with van der Waals surface area (Å²) >= 11 is 0. The fourth-order valence-corrected chi connectivity index (χ4v) is 1.77. The number of aliphatic carboxylic acids is 1. The van der Waals surface area contributed by atoms with Crippen molar-refractivity contribution in [2.24, 2.45) is 5.73 Å². The zero-order chi connectivity index (χ0) is 10.9. The van der Waals surface area contributed by atoms with Crippen LogP contribution in [0.2, 0.25) is 0 Å². The Morgan fingerprint density at radius 3 is 2.64 bits per heavy atom. The summed E-state index contributed by atoms with van der Waals surface area (Å²) in [4.78, 5) is 10.5. The van der Waals surface area contributed by atoms with Gasteiger partial charge in [0.05, 0.1) is 12.5 Å². The van der Waals surface area contributed by atoms with Crippen LogP contribution in [0.1, 0.15) is 13.3 Å². The monoisotopic (exact) mass is 205 g/mol. The zero-order valence-electron chi connectivity index (χ0n) is 7.88. The Morgan fingerprint density at radius 2 is 2.21 bits per heavy atom. The lowest BCUT2D eigenvalue weighted by atomic mass is 9.87. The Kier molecular flexibility index (Phi) is 3.10. The van der Waals surface area contributed by atoms with Gasteiger partial charge in [-0.1, -0.05) is 0 Å². The van der Waals surface area contributed by atoms with Crippen LogP contribution in [0.25, 0.3) is 0 Å². The number of aliphatic hydroxyl groups is 2. The SMILES string of the molecule is C[C@H]1O[C@H](CN)[C@@](O)(CC(=O)O)[C@H]1O. The van der Waals surface area contributed by atoms with Crippen LogP contribution in [0, 0.1) is 0 Å². The molecular weight excluding hydrogens is 190 g/mol. The highest BCUT2D eigenvalue weighted by atomic mass is 16.5. The highest BCUT2D eigenvalue weighted by Gasteiger charge is 2.54. The molecule has 0 aromatic rings. The van der Waals surface area contributed by atoms with E-state index in [1.807, 2.05) is 0 Å². The molecule has 0 aromatic carbocycles. The van der Waals surface area contributed by atoms with Gasteiger partial charge in [-0.15, -0.1) is 0 Å². The number of rotatable bonds is 3. The van der Waals surface area contributed by atoms with Crippen molar-refractivity contribution in [3.05, 3.63) is 0 Å². The second kappa shape index (κ2) is 3.82. The van der Waals surface area contributed by atoms with Crippen molar-refractivity contribution >= 4 is 5.97 Å². The summed E-state index contributed by atoms with van der Waals surface area (Å²) < 4.78 is 5.15. The standard InChI is InChI=1S/C8H15NO5/c1-4-7(12)8(13,2-6(10)11)5(3-9)14-4/h4-5,7,12-13H,2-3,9H2,1H3,(H,10,11)/t4-,5-,7+,8+/m1/s1. The molecule has 1 aliphatic rings. The Balaban J connectivity index is 2.85. The molecule has 0 bridgehead atoms. The van der Waals surface area contributed by atoms with E-state index in [0.717, 1.165) is 0 Å². The van der Waals surface area contributed by atoms with E-state index in [9.17, 15) is 15.0 Å². The van der Waals surface area contributed by atoms with Gasteiger partial charge in [0.25, 0.3) is 0 Å². The number of carboxylic acids is 1. The van der Waals surface area contributed by atoms with Crippen LogP contribution in [-0.2, 0) is 9.53 Å². The molecule has 0 saturated carbocycles. The zero-order valence-corrected chi connectivity index (χ0v) is 7.88. The second-order valence-corrected chi connectivity index (χ2v) is 3.57. The van der Waals surface area contributed by atoms with Crippen LogP contribution in [0.15, 0.2) is 0 Å². The van der Waals surface area contributed by atoms with Gasteiger partial charge in [-0.3, -0.25) is 4.79 Å². The molecule has 82 valence electrons. The molecule has 1 aliphatic heterocycles. The molecule has 0 spiro atoms. The molecule has 1 saturated heterocycles. The van der Waals surface area contributed by atoms with Crippen molar-refractivity contribution in [1.82, 2.24) is 0 Å². The van der Waals surface area contributed by atoms with Crippen molar-refractivity contribution in [1.29, 1.82) is 0 Å². The van der Waals surface area contributed by atoms with Gasteiger partial charge in [-0.2, -0.15) is 0 Å². The van der Waals surface area contributed by atoms with Gasteiger partial charge in [0.2, 0.25) is 0 Å². The molecule has 0 radical (unpaired) electrons. The van der Waals surface area contributed by atoms with E-state index in [2.05, 4.69) is 0 Å². The highest BCUT2D eigenvalue weighted by molar-refractivity contribution is 5.68. The van der Waals surface area contributed by atoms with E-state index < -0.39 is 36.3 Å². The van der Waals surface area contributed by atoms with E-state index in [1.165, 1.54) is 0 Å². The third kappa shape index (κ3) is 1.74. The minimum Gasteiger partial charge on any atom is -0.481 e. The van der Waals surface area contributed by atoms with Crippen LogP contribution in [-0.4, -0.2) is 51.7 Å². The van der Waals surface area contributed by atoms with Crippen LogP contribution < -0.4 is 5.73 Å². The smallest absolute Gasteiger partial charge is 0.306 e. The summed E-state index contributed by atoms with van der Waals surface area (Å²) in [5.74, 6) is -1.19. The van der Waals surface area contributed by atoms with Gasteiger partial charge < -0.3 is 25.8 Å². The third-order valence-electron chi connectivity index (χ3n) is 2.54. The maximum Gasteiger partial charge on any atom is 0.306 e. The Labute approximate surface area is 81.3 Å². The van der Waals surface area contributed by atoms with E-state index in [4.69, 9.17) is 15.6 Å². The molecule has 0 aliphatic carbocycles. The van der Waals surface area contributed by atoms with Crippen LogP contribution in [0.5, 0.6) is 0 Å². The van der Waals surface area contributed by atoms with E-state index in [0.29, 0.717) is 0 Å². The molecule has 1 heterocycles. The first-order valence-electron chi connectivity index (χ1n) is 4.39. The lowest BCUT2D eigenvalue weighted by Crippen LogP contribution is -2.51. The van der Waals surface area contributed by atoms with E-state index >= 15 is 0 Å². The number of carboxylic acid groups (broad SMARTS) is 1.